The van der Waals surface area contributed by atoms with Gasteiger partial charge in [-0.25, -0.2) is 4.79 Å². The first kappa shape index (κ1) is 12.5. The van der Waals surface area contributed by atoms with Crippen LogP contribution < -0.4 is 0 Å². The van der Waals surface area contributed by atoms with Crippen LogP contribution in [-0.4, -0.2) is 38.9 Å². The number of carbonyl (C=O) groups excluding carboxylic acids is 1. The number of hydrogen-bond acceptors (Lipinski definition) is 3. The van der Waals surface area contributed by atoms with E-state index in [4.69, 9.17) is 11.6 Å². The number of nitrogens with zero attached hydrogens (tertiary/aromatic N) is 1. The monoisotopic (exact) mass is 273 g/mol. The Labute approximate surface area is 108 Å². The molecule has 1 N–H and O–H groups in total. The van der Waals surface area contributed by atoms with E-state index in [1.54, 1.807) is 23.9 Å². The number of β-lactam (4-membered cyclic amide) rings is 1. The van der Waals surface area contributed by atoms with E-state index < -0.39 is 5.97 Å². The summed E-state index contributed by atoms with van der Waals surface area (Å²) in [6, 6.07) is 0. The van der Waals surface area contributed by atoms with Gasteiger partial charge in [-0.05, 0) is 5.57 Å². The highest BCUT2D eigenvalue weighted by molar-refractivity contribution is 8.00. The Morgan fingerprint density at radius 2 is 2.41 bits per heavy atom. The number of halogens is 1. The molecule has 1 saturated heterocycles. The maximum atomic E-state index is 11.7. The highest BCUT2D eigenvalue weighted by Crippen LogP contribution is 2.43. The molecule has 0 aromatic carbocycles. The lowest BCUT2D eigenvalue weighted by Gasteiger charge is -2.48. The molecule has 0 radical (unpaired) electrons. The van der Waals surface area contributed by atoms with Gasteiger partial charge in [-0.2, -0.15) is 0 Å². The number of aliphatic carboxylic acids is 1. The summed E-state index contributed by atoms with van der Waals surface area (Å²) in [6.45, 7) is 1.83. The smallest absolute Gasteiger partial charge is 0.352 e. The van der Waals surface area contributed by atoms with Crippen LogP contribution in [0.25, 0.3) is 0 Å². The van der Waals surface area contributed by atoms with Gasteiger partial charge < -0.3 is 5.11 Å². The van der Waals surface area contributed by atoms with E-state index in [2.05, 4.69) is 0 Å². The summed E-state index contributed by atoms with van der Waals surface area (Å²) < 4.78 is 0. The van der Waals surface area contributed by atoms with E-state index >= 15 is 0 Å². The third-order valence-corrected chi connectivity index (χ3v) is 4.49. The van der Waals surface area contributed by atoms with Gasteiger partial charge >= 0.3 is 5.97 Å². The van der Waals surface area contributed by atoms with Crippen LogP contribution in [0.4, 0.5) is 0 Å². The third kappa shape index (κ3) is 1.98. The molecule has 2 aliphatic heterocycles. The van der Waals surface area contributed by atoms with E-state index in [0.717, 1.165) is 0 Å². The molecule has 1 fully saturated rings. The van der Waals surface area contributed by atoms with Gasteiger partial charge in [0, 0.05) is 11.6 Å². The number of carboxylic acid groups (broad SMARTS) is 1. The average Bonchev–Trinajstić information content (AvgIpc) is 2.33. The lowest BCUT2D eigenvalue weighted by molar-refractivity contribution is -0.151. The molecule has 2 rings (SSSR count). The van der Waals surface area contributed by atoms with Gasteiger partial charge in [-0.3, -0.25) is 9.69 Å². The van der Waals surface area contributed by atoms with E-state index in [9.17, 15) is 14.7 Å². The van der Waals surface area contributed by atoms with E-state index in [0.29, 0.717) is 17.2 Å². The molecule has 17 heavy (non-hydrogen) atoms. The maximum absolute atomic E-state index is 11.7. The normalized spacial score (nSPS) is 28.4. The summed E-state index contributed by atoms with van der Waals surface area (Å²) >= 11 is 7.13. The minimum atomic E-state index is -1.05. The molecule has 0 saturated carbocycles. The number of amides is 1. The fourth-order valence-corrected chi connectivity index (χ4v) is 3.45. The van der Waals surface area contributed by atoms with E-state index in [1.807, 2.05) is 6.92 Å². The van der Waals surface area contributed by atoms with Crippen molar-refractivity contribution in [2.75, 3.05) is 11.6 Å². The molecule has 6 heteroatoms. The highest BCUT2D eigenvalue weighted by atomic mass is 35.5. The first-order valence-corrected chi connectivity index (χ1v) is 6.80. The molecular weight excluding hydrogens is 262 g/mol. The van der Waals surface area contributed by atoms with Gasteiger partial charge in [0.05, 0.1) is 11.3 Å². The largest absolute Gasteiger partial charge is 0.477 e. The van der Waals surface area contributed by atoms with Crippen LogP contribution in [0.3, 0.4) is 0 Å². The van der Waals surface area contributed by atoms with Crippen molar-refractivity contribution in [3.63, 3.8) is 0 Å². The maximum Gasteiger partial charge on any atom is 0.352 e. The fraction of sp³-hybridized carbons (Fsp3) is 0.455. The summed E-state index contributed by atoms with van der Waals surface area (Å²) in [7, 11) is 0. The molecule has 0 aliphatic carbocycles. The second-order valence-electron chi connectivity index (χ2n) is 3.93. The Hall–Kier alpha value is -0.940. The fourth-order valence-electron chi connectivity index (χ4n) is 2.02. The molecule has 0 bridgehead atoms. The number of fused-ring (bicyclic) bond motifs is 1. The van der Waals surface area contributed by atoms with Crippen LogP contribution in [0.1, 0.15) is 6.92 Å². The molecular formula is C11H12ClNO3S. The predicted octanol–water partition coefficient (Wildman–Crippen LogP) is 1.67. The lowest BCUT2D eigenvalue weighted by atomic mass is 9.97. The number of alkyl halides is 1. The van der Waals surface area contributed by atoms with Crippen molar-refractivity contribution in [3.8, 4) is 0 Å². The molecule has 2 atom stereocenters. The van der Waals surface area contributed by atoms with Gasteiger partial charge in [0.15, 0.2) is 0 Å². The van der Waals surface area contributed by atoms with Gasteiger partial charge in [0.1, 0.15) is 5.70 Å². The van der Waals surface area contributed by atoms with Gasteiger partial charge in [-0.1, -0.05) is 19.1 Å². The number of carboxylic acids is 1. The zero-order valence-corrected chi connectivity index (χ0v) is 10.8. The zero-order valence-electron chi connectivity index (χ0n) is 9.22. The van der Waals surface area contributed by atoms with Crippen molar-refractivity contribution in [2.45, 2.75) is 12.3 Å². The Morgan fingerprint density at radius 3 is 3.00 bits per heavy atom. The van der Waals surface area contributed by atoms with E-state index in [1.165, 1.54) is 4.90 Å². The zero-order chi connectivity index (χ0) is 12.6. The number of allylic oxidation sites excluding steroid dienone is 2. The van der Waals surface area contributed by atoms with Crippen molar-refractivity contribution < 1.29 is 14.7 Å². The van der Waals surface area contributed by atoms with Gasteiger partial charge in [0.2, 0.25) is 5.91 Å². The number of carbonyl (C=O) groups is 2. The molecule has 1 amide bonds. The minimum absolute atomic E-state index is 0.0262. The molecule has 2 aliphatic rings. The van der Waals surface area contributed by atoms with E-state index in [-0.39, 0.29) is 22.9 Å². The Bertz CT molecular complexity index is 432. The second kappa shape index (κ2) is 4.74. The van der Waals surface area contributed by atoms with Crippen LogP contribution in [0, 0.1) is 5.92 Å². The van der Waals surface area contributed by atoms with Crippen LogP contribution in [0.5, 0.6) is 0 Å². The topological polar surface area (TPSA) is 57.6 Å². The quantitative estimate of drug-likeness (QED) is 0.628. The predicted molar refractivity (Wildman–Crippen MR) is 66.8 cm³/mol. The first-order valence-electron chi connectivity index (χ1n) is 5.21. The SMILES string of the molecule is CC1C(=O)N2C(C(=O)O)=C(/C=C/CCl)CS[C@H]12. The molecule has 4 nitrogen and oxygen atoms in total. The first-order chi connectivity index (χ1) is 8.07. The standard InChI is InChI=1S/C11H12ClNO3S/c1-6-9(14)13-8(11(15)16)7(3-2-4-12)5-17-10(6)13/h2-3,6,10H,4-5H2,1H3,(H,15,16)/b3-2+/t6?,10-/m1/s1. The molecule has 92 valence electrons. The Balaban J connectivity index is 2.36. The summed E-state index contributed by atoms with van der Waals surface area (Å²) in [5.74, 6) is -0.322. The van der Waals surface area contributed by atoms with Crippen molar-refractivity contribution in [2.24, 2.45) is 5.92 Å². The average molecular weight is 274 g/mol. The third-order valence-electron chi connectivity index (χ3n) is 2.87. The van der Waals surface area contributed by atoms with Crippen molar-refractivity contribution in [1.82, 2.24) is 4.90 Å². The molecule has 2 heterocycles. The van der Waals surface area contributed by atoms with Crippen LogP contribution >= 0.6 is 23.4 Å². The van der Waals surface area contributed by atoms with Crippen molar-refractivity contribution in [1.29, 1.82) is 0 Å². The van der Waals surface area contributed by atoms with Gasteiger partial charge in [-0.15, -0.1) is 23.4 Å². The Kier molecular flexibility index (Phi) is 3.49. The van der Waals surface area contributed by atoms with Crippen LogP contribution in [-0.2, 0) is 9.59 Å². The van der Waals surface area contributed by atoms with Crippen molar-refractivity contribution >= 4 is 35.2 Å². The summed E-state index contributed by atoms with van der Waals surface area (Å²) in [4.78, 5) is 24.3. The van der Waals surface area contributed by atoms with Crippen LogP contribution in [0.15, 0.2) is 23.4 Å². The number of hydrogen-bond donors (Lipinski definition) is 1. The number of rotatable bonds is 3. The Morgan fingerprint density at radius 1 is 1.71 bits per heavy atom. The second-order valence-corrected chi connectivity index (χ2v) is 5.35. The van der Waals surface area contributed by atoms with Crippen LogP contribution in [0.2, 0.25) is 0 Å². The lowest BCUT2D eigenvalue weighted by Crippen LogP contribution is -2.60. The highest BCUT2D eigenvalue weighted by Gasteiger charge is 2.50. The molecule has 0 spiro atoms. The molecule has 0 aromatic rings. The minimum Gasteiger partial charge on any atom is -0.477 e. The number of thioether (sulfide) groups is 1. The van der Waals surface area contributed by atoms with Gasteiger partial charge in [0.25, 0.3) is 0 Å². The molecule has 0 aromatic heterocycles. The summed E-state index contributed by atoms with van der Waals surface area (Å²) in [6.07, 6.45) is 3.38. The van der Waals surface area contributed by atoms with Crippen molar-refractivity contribution in [3.05, 3.63) is 23.4 Å². The summed E-state index contributed by atoms with van der Waals surface area (Å²) in [5.41, 5.74) is 0.762. The molecule has 1 unspecified atom stereocenters. The summed E-state index contributed by atoms with van der Waals surface area (Å²) in [5, 5.41) is 9.18.